The summed E-state index contributed by atoms with van der Waals surface area (Å²) in [6.45, 7) is 1.93. The van der Waals surface area contributed by atoms with Gasteiger partial charge >= 0.3 is 5.97 Å². The number of esters is 1. The van der Waals surface area contributed by atoms with Crippen molar-refractivity contribution in [2.75, 3.05) is 0 Å². The second-order valence-electron chi connectivity index (χ2n) is 3.81. The number of carbonyl (C=O) groups is 1. The molecule has 2 aromatic carbocycles. The molecule has 0 unspecified atom stereocenters. The third-order valence-electron chi connectivity index (χ3n) is 2.40. The van der Waals surface area contributed by atoms with Crippen molar-refractivity contribution in [2.24, 2.45) is 0 Å². The minimum atomic E-state index is -0.417. The summed E-state index contributed by atoms with van der Waals surface area (Å²) >= 11 is 9.22. The first-order valence-electron chi connectivity index (χ1n) is 5.30. The lowest BCUT2D eigenvalue weighted by Gasteiger charge is -2.06. The highest BCUT2D eigenvalue weighted by atomic mass is 79.9. The first-order valence-corrected chi connectivity index (χ1v) is 6.47. The summed E-state index contributed by atoms with van der Waals surface area (Å²) in [6.07, 6.45) is 0. The quantitative estimate of drug-likeness (QED) is 0.594. The van der Waals surface area contributed by atoms with Crippen molar-refractivity contribution < 1.29 is 9.53 Å². The van der Waals surface area contributed by atoms with Crippen molar-refractivity contribution in [3.05, 3.63) is 63.1 Å². The lowest BCUT2D eigenvalue weighted by Crippen LogP contribution is -2.08. The van der Waals surface area contributed by atoms with Crippen molar-refractivity contribution in [3.63, 3.8) is 0 Å². The summed E-state index contributed by atoms with van der Waals surface area (Å²) < 4.78 is 6.25. The molecule has 4 heteroatoms. The van der Waals surface area contributed by atoms with Crippen LogP contribution in [0.5, 0.6) is 5.75 Å². The van der Waals surface area contributed by atoms with E-state index in [1.807, 2.05) is 13.0 Å². The molecule has 0 fully saturated rings. The highest BCUT2D eigenvalue weighted by Gasteiger charge is 2.09. The average molecular weight is 326 g/mol. The van der Waals surface area contributed by atoms with Crippen LogP contribution in [-0.2, 0) is 0 Å². The number of ether oxygens (including phenoxy) is 1. The number of hydrogen-bond acceptors (Lipinski definition) is 2. The fourth-order valence-electron chi connectivity index (χ4n) is 1.46. The molecule has 0 bridgehead atoms. The topological polar surface area (TPSA) is 26.3 Å². The number of carbonyl (C=O) groups excluding carboxylic acids is 1. The lowest BCUT2D eigenvalue weighted by molar-refractivity contribution is 0.0734. The van der Waals surface area contributed by atoms with Gasteiger partial charge in [-0.2, -0.15) is 0 Å². The van der Waals surface area contributed by atoms with Gasteiger partial charge in [0, 0.05) is 9.50 Å². The third kappa shape index (κ3) is 3.12. The van der Waals surface area contributed by atoms with E-state index in [4.69, 9.17) is 16.3 Å². The lowest BCUT2D eigenvalue weighted by atomic mass is 10.2. The summed E-state index contributed by atoms with van der Waals surface area (Å²) in [5, 5.41) is 0.511. The molecule has 0 atom stereocenters. The maximum Gasteiger partial charge on any atom is 0.343 e. The van der Waals surface area contributed by atoms with Crippen LogP contribution in [0.2, 0.25) is 5.02 Å². The van der Waals surface area contributed by atoms with E-state index in [0.717, 1.165) is 10.0 Å². The highest BCUT2D eigenvalue weighted by Crippen LogP contribution is 2.22. The van der Waals surface area contributed by atoms with Gasteiger partial charge in [0.15, 0.2) is 0 Å². The molecule has 0 spiro atoms. The summed E-state index contributed by atoms with van der Waals surface area (Å²) in [7, 11) is 0. The van der Waals surface area contributed by atoms with E-state index in [0.29, 0.717) is 16.3 Å². The van der Waals surface area contributed by atoms with Crippen molar-refractivity contribution >= 4 is 33.5 Å². The first kappa shape index (κ1) is 13.1. The Bertz CT molecular complexity index is 596. The van der Waals surface area contributed by atoms with Gasteiger partial charge in [0.25, 0.3) is 0 Å². The molecule has 2 aromatic rings. The van der Waals surface area contributed by atoms with E-state index >= 15 is 0 Å². The van der Waals surface area contributed by atoms with Crippen LogP contribution >= 0.6 is 27.5 Å². The summed E-state index contributed by atoms with van der Waals surface area (Å²) in [5.74, 6) is 0.0971. The third-order valence-corrected chi connectivity index (χ3v) is 3.53. The molecule has 0 aliphatic rings. The second-order valence-corrected chi connectivity index (χ2v) is 5.10. The molecule has 0 heterocycles. The van der Waals surface area contributed by atoms with Crippen molar-refractivity contribution in [3.8, 4) is 5.75 Å². The van der Waals surface area contributed by atoms with Crippen molar-refractivity contribution in [1.82, 2.24) is 0 Å². The van der Waals surface area contributed by atoms with Gasteiger partial charge in [-0.3, -0.25) is 0 Å². The molecule has 0 aromatic heterocycles. The molecule has 0 N–H and O–H groups in total. The molecular formula is C14H10BrClO2. The number of aryl methyl sites for hydroxylation is 1. The molecule has 0 aliphatic carbocycles. The Morgan fingerprint density at radius 3 is 2.67 bits per heavy atom. The zero-order valence-electron chi connectivity index (χ0n) is 9.61. The van der Waals surface area contributed by atoms with E-state index in [-0.39, 0.29) is 0 Å². The van der Waals surface area contributed by atoms with Gasteiger partial charge in [0.05, 0.1) is 5.56 Å². The Hall–Kier alpha value is -1.32. The number of hydrogen-bond donors (Lipinski definition) is 0. The molecule has 0 saturated heterocycles. The predicted octanol–water partition coefficient (Wildman–Crippen LogP) is 4.63. The fraction of sp³-hybridized carbons (Fsp3) is 0.0714. The van der Waals surface area contributed by atoms with E-state index in [1.165, 1.54) is 0 Å². The Morgan fingerprint density at radius 2 is 2.00 bits per heavy atom. The predicted molar refractivity (Wildman–Crippen MR) is 75.3 cm³/mol. The smallest absolute Gasteiger partial charge is 0.343 e. The van der Waals surface area contributed by atoms with Gasteiger partial charge in [0.1, 0.15) is 5.75 Å². The maximum atomic E-state index is 11.9. The van der Waals surface area contributed by atoms with Crippen LogP contribution in [-0.4, -0.2) is 5.97 Å². The molecule has 92 valence electrons. The Morgan fingerprint density at radius 1 is 1.22 bits per heavy atom. The van der Waals surface area contributed by atoms with Crippen LogP contribution in [0.15, 0.2) is 46.9 Å². The number of benzene rings is 2. The summed E-state index contributed by atoms with van der Waals surface area (Å²) in [4.78, 5) is 11.9. The summed E-state index contributed by atoms with van der Waals surface area (Å²) in [5.41, 5.74) is 1.44. The normalized spacial score (nSPS) is 10.2. The molecule has 0 radical (unpaired) electrons. The van der Waals surface area contributed by atoms with Crippen LogP contribution < -0.4 is 4.74 Å². The van der Waals surface area contributed by atoms with Crippen LogP contribution in [0.25, 0.3) is 0 Å². The van der Waals surface area contributed by atoms with Crippen LogP contribution in [0.4, 0.5) is 0 Å². The molecule has 0 amide bonds. The van der Waals surface area contributed by atoms with E-state index in [9.17, 15) is 4.79 Å². The van der Waals surface area contributed by atoms with Gasteiger partial charge < -0.3 is 4.74 Å². The van der Waals surface area contributed by atoms with Crippen molar-refractivity contribution in [2.45, 2.75) is 6.92 Å². The number of rotatable bonds is 2. The monoisotopic (exact) mass is 324 g/mol. The van der Waals surface area contributed by atoms with E-state index in [2.05, 4.69) is 15.9 Å². The molecule has 18 heavy (non-hydrogen) atoms. The van der Waals surface area contributed by atoms with Gasteiger partial charge in [-0.05, 0) is 48.9 Å². The second kappa shape index (κ2) is 5.55. The molecule has 0 saturated carbocycles. The summed E-state index contributed by atoms with van der Waals surface area (Å²) in [6, 6.07) is 12.0. The van der Waals surface area contributed by atoms with E-state index < -0.39 is 5.97 Å². The molecular weight excluding hydrogens is 316 g/mol. The minimum absolute atomic E-state index is 0.417. The first-order chi connectivity index (χ1) is 8.56. The standard InChI is InChI=1S/C14H10BrClO2/c1-9-7-12(5-6-13(9)15)18-14(17)10-3-2-4-11(16)8-10/h2-8H,1H3. The van der Waals surface area contributed by atoms with Crippen LogP contribution in [0, 0.1) is 6.92 Å². The van der Waals surface area contributed by atoms with Gasteiger partial charge in [-0.15, -0.1) is 0 Å². The Balaban J connectivity index is 2.18. The zero-order valence-corrected chi connectivity index (χ0v) is 12.0. The molecule has 0 aliphatic heterocycles. The highest BCUT2D eigenvalue weighted by molar-refractivity contribution is 9.10. The molecule has 2 rings (SSSR count). The molecule has 2 nitrogen and oxygen atoms in total. The van der Waals surface area contributed by atoms with Crippen LogP contribution in [0.3, 0.4) is 0 Å². The van der Waals surface area contributed by atoms with Gasteiger partial charge in [-0.1, -0.05) is 33.6 Å². The minimum Gasteiger partial charge on any atom is -0.423 e. The Kier molecular flexibility index (Phi) is 4.04. The van der Waals surface area contributed by atoms with Crippen molar-refractivity contribution in [1.29, 1.82) is 0 Å². The average Bonchev–Trinajstić information content (AvgIpc) is 2.34. The van der Waals surface area contributed by atoms with Gasteiger partial charge in [-0.25, -0.2) is 4.79 Å². The van der Waals surface area contributed by atoms with Gasteiger partial charge in [0.2, 0.25) is 0 Å². The van der Waals surface area contributed by atoms with Crippen LogP contribution in [0.1, 0.15) is 15.9 Å². The fourth-order valence-corrected chi connectivity index (χ4v) is 1.90. The Labute approximate surface area is 119 Å². The largest absolute Gasteiger partial charge is 0.423 e. The maximum absolute atomic E-state index is 11.9. The van der Waals surface area contributed by atoms with E-state index in [1.54, 1.807) is 36.4 Å². The SMILES string of the molecule is Cc1cc(OC(=O)c2cccc(Cl)c2)ccc1Br. The zero-order chi connectivity index (χ0) is 13.1. The number of halogens is 2.